The van der Waals surface area contributed by atoms with Gasteiger partial charge in [-0.05, 0) is 54.3 Å². The maximum atomic E-state index is 12.5. The smallest absolute Gasteiger partial charge is 0.234 e. The molecule has 0 heterocycles. The highest BCUT2D eigenvalue weighted by Gasteiger charge is 2.17. The SMILES string of the molecule is Cc1ccc(C)c(NC(=O)CS[C@@H](c2ccccc2)c2ccc(Cl)cc2)c1. The van der Waals surface area contributed by atoms with Gasteiger partial charge in [0, 0.05) is 10.7 Å². The van der Waals surface area contributed by atoms with Crippen LogP contribution in [0.15, 0.2) is 72.8 Å². The summed E-state index contributed by atoms with van der Waals surface area (Å²) in [5.41, 5.74) is 5.38. The Morgan fingerprint density at radius 3 is 2.33 bits per heavy atom. The van der Waals surface area contributed by atoms with E-state index in [1.165, 1.54) is 5.56 Å². The Morgan fingerprint density at radius 1 is 0.963 bits per heavy atom. The summed E-state index contributed by atoms with van der Waals surface area (Å²) in [6.45, 7) is 4.03. The third-order valence-corrected chi connectivity index (χ3v) is 5.88. The molecule has 0 bridgehead atoms. The minimum atomic E-state index is 0.00333. The van der Waals surface area contributed by atoms with Crippen molar-refractivity contribution in [2.75, 3.05) is 11.1 Å². The first-order valence-corrected chi connectivity index (χ1v) is 10.2. The van der Waals surface area contributed by atoms with Crippen molar-refractivity contribution in [2.24, 2.45) is 0 Å². The van der Waals surface area contributed by atoms with Gasteiger partial charge in [0.05, 0.1) is 11.0 Å². The Kier molecular flexibility index (Phi) is 6.59. The van der Waals surface area contributed by atoms with Crippen LogP contribution in [0.25, 0.3) is 0 Å². The zero-order chi connectivity index (χ0) is 19.2. The molecule has 0 aromatic heterocycles. The molecule has 1 N–H and O–H groups in total. The van der Waals surface area contributed by atoms with E-state index >= 15 is 0 Å². The molecule has 1 amide bonds. The average Bonchev–Trinajstić information content (AvgIpc) is 2.67. The average molecular weight is 396 g/mol. The molecule has 0 saturated carbocycles. The summed E-state index contributed by atoms with van der Waals surface area (Å²) in [5.74, 6) is 0.374. The van der Waals surface area contributed by atoms with Gasteiger partial charge in [-0.2, -0.15) is 0 Å². The second-order valence-electron chi connectivity index (χ2n) is 6.52. The summed E-state index contributed by atoms with van der Waals surface area (Å²) in [7, 11) is 0. The van der Waals surface area contributed by atoms with Crippen LogP contribution < -0.4 is 5.32 Å². The van der Waals surface area contributed by atoms with Gasteiger partial charge in [0.2, 0.25) is 5.91 Å². The highest BCUT2D eigenvalue weighted by atomic mass is 35.5. The topological polar surface area (TPSA) is 29.1 Å². The minimum Gasteiger partial charge on any atom is -0.325 e. The minimum absolute atomic E-state index is 0.00333. The van der Waals surface area contributed by atoms with E-state index in [-0.39, 0.29) is 11.2 Å². The van der Waals surface area contributed by atoms with E-state index in [1.54, 1.807) is 11.8 Å². The number of anilines is 1. The monoisotopic (exact) mass is 395 g/mol. The van der Waals surface area contributed by atoms with Crippen molar-refractivity contribution in [3.05, 3.63) is 100 Å². The lowest BCUT2D eigenvalue weighted by molar-refractivity contribution is -0.113. The van der Waals surface area contributed by atoms with E-state index in [4.69, 9.17) is 11.6 Å². The van der Waals surface area contributed by atoms with Gasteiger partial charge in [0.1, 0.15) is 0 Å². The van der Waals surface area contributed by atoms with Crippen LogP contribution in [0.3, 0.4) is 0 Å². The van der Waals surface area contributed by atoms with Crippen molar-refractivity contribution in [3.8, 4) is 0 Å². The number of hydrogen-bond acceptors (Lipinski definition) is 2. The molecule has 27 heavy (non-hydrogen) atoms. The van der Waals surface area contributed by atoms with Crippen LogP contribution in [-0.4, -0.2) is 11.7 Å². The number of carbonyl (C=O) groups is 1. The van der Waals surface area contributed by atoms with Crippen molar-refractivity contribution in [1.29, 1.82) is 0 Å². The standard InChI is InChI=1S/C23H22ClNOS/c1-16-8-9-17(2)21(14-16)25-22(26)15-27-23(18-6-4-3-5-7-18)19-10-12-20(24)13-11-19/h3-14,23H,15H2,1-2H3,(H,25,26)/t23-/m0/s1. The quantitative estimate of drug-likeness (QED) is 0.521. The van der Waals surface area contributed by atoms with Gasteiger partial charge >= 0.3 is 0 Å². The third-order valence-electron chi connectivity index (χ3n) is 4.32. The zero-order valence-electron chi connectivity index (χ0n) is 15.4. The van der Waals surface area contributed by atoms with Crippen LogP contribution in [0.1, 0.15) is 27.5 Å². The second kappa shape index (κ2) is 9.12. The predicted molar refractivity (Wildman–Crippen MR) is 117 cm³/mol. The van der Waals surface area contributed by atoms with Crippen LogP contribution in [0, 0.1) is 13.8 Å². The molecule has 0 aliphatic rings. The molecule has 0 unspecified atom stereocenters. The van der Waals surface area contributed by atoms with Crippen LogP contribution in [0.4, 0.5) is 5.69 Å². The first kappa shape index (κ1) is 19.5. The van der Waals surface area contributed by atoms with E-state index < -0.39 is 0 Å². The number of aryl methyl sites for hydroxylation is 2. The number of halogens is 1. The molecule has 1 atom stereocenters. The Labute approximate surface area is 170 Å². The lowest BCUT2D eigenvalue weighted by Gasteiger charge is -2.18. The van der Waals surface area contributed by atoms with E-state index in [1.807, 2.05) is 74.5 Å². The Hall–Kier alpha value is -2.23. The van der Waals surface area contributed by atoms with Gasteiger partial charge in [-0.25, -0.2) is 0 Å². The van der Waals surface area contributed by atoms with E-state index in [2.05, 4.69) is 17.4 Å². The lowest BCUT2D eigenvalue weighted by atomic mass is 10.0. The number of nitrogens with one attached hydrogen (secondary N) is 1. The van der Waals surface area contributed by atoms with E-state index in [9.17, 15) is 4.79 Å². The molecule has 3 aromatic carbocycles. The summed E-state index contributed by atoms with van der Waals surface area (Å²) in [4.78, 5) is 12.5. The predicted octanol–water partition coefficient (Wildman–Crippen LogP) is 6.42. The summed E-state index contributed by atoms with van der Waals surface area (Å²) in [5, 5.41) is 3.83. The largest absolute Gasteiger partial charge is 0.325 e. The molecular weight excluding hydrogens is 374 g/mol. The molecule has 3 rings (SSSR count). The van der Waals surface area contributed by atoms with Crippen LogP contribution in [-0.2, 0) is 4.79 Å². The fraction of sp³-hybridized carbons (Fsp3) is 0.174. The van der Waals surface area contributed by atoms with E-state index in [0.29, 0.717) is 10.8 Å². The number of amides is 1. The van der Waals surface area contributed by atoms with Crippen molar-refractivity contribution < 1.29 is 4.79 Å². The van der Waals surface area contributed by atoms with E-state index in [0.717, 1.165) is 22.4 Å². The van der Waals surface area contributed by atoms with Crippen molar-refractivity contribution in [1.82, 2.24) is 0 Å². The number of hydrogen-bond donors (Lipinski definition) is 1. The Balaban J connectivity index is 1.73. The molecule has 138 valence electrons. The summed E-state index contributed by atoms with van der Waals surface area (Å²) in [6.07, 6.45) is 0. The van der Waals surface area contributed by atoms with Gasteiger partial charge in [0.15, 0.2) is 0 Å². The molecule has 2 nitrogen and oxygen atoms in total. The fourth-order valence-corrected chi connectivity index (χ4v) is 4.08. The summed E-state index contributed by atoms with van der Waals surface area (Å²) >= 11 is 7.65. The normalized spacial score (nSPS) is 11.8. The van der Waals surface area contributed by atoms with Crippen LogP contribution in [0.5, 0.6) is 0 Å². The molecule has 0 aliphatic carbocycles. The Morgan fingerprint density at radius 2 is 1.63 bits per heavy atom. The molecule has 0 saturated heterocycles. The van der Waals surface area contributed by atoms with Crippen LogP contribution in [0.2, 0.25) is 5.02 Å². The highest BCUT2D eigenvalue weighted by Crippen LogP contribution is 2.36. The number of benzene rings is 3. The zero-order valence-corrected chi connectivity index (χ0v) is 17.0. The summed E-state index contributed by atoms with van der Waals surface area (Å²) in [6, 6.07) is 24.1. The van der Waals surface area contributed by atoms with Crippen molar-refractivity contribution in [3.63, 3.8) is 0 Å². The second-order valence-corrected chi connectivity index (χ2v) is 8.05. The molecule has 0 spiro atoms. The van der Waals surface area contributed by atoms with Gasteiger partial charge in [-0.3, -0.25) is 4.79 Å². The van der Waals surface area contributed by atoms with Crippen molar-refractivity contribution >= 4 is 35.0 Å². The molecule has 0 aliphatic heterocycles. The van der Waals surface area contributed by atoms with Gasteiger partial charge in [-0.15, -0.1) is 11.8 Å². The number of thioether (sulfide) groups is 1. The first-order valence-electron chi connectivity index (χ1n) is 8.82. The first-order chi connectivity index (χ1) is 13.0. The van der Waals surface area contributed by atoms with Gasteiger partial charge in [0.25, 0.3) is 0 Å². The maximum absolute atomic E-state index is 12.5. The molecule has 0 fully saturated rings. The number of rotatable bonds is 6. The highest BCUT2D eigenvalue weighted by molar-refractivity contribution is 8.00. The molecule has 0 radical (unpaired) electrons. The van der Waals surface area contributed by atoms with Gasteiger partial charge in [-0.1, -0.05) is 66.2 Å². The van der Waals surface area contributed by atoms with Gasteiger partial charge < -0.3 is 5.32 Å². The van der Waals surface area contributed by atoms with Crippen molar-refractivity contribution in [2.45, 2.75) is 19.1 Å². The fourth-order valence-electron chi connectivity index (χ4n) is 2.87. The van der Waals surface area contributed by atoms with Crippen LogP contribution >= 0.6 is 23.4 Å². The third kappa shape index (κ3) is 5.38. The maximum Gasteiger partial charge on any atom is 0.234 e. The molecule has 4 heteroatoms. The molecular formula is C23H22ClNOS. The molecule has 3 aromatic rings. The Bertz CT molecular complexity index is 909. The number of carbonyl (C=O) groups excluding carboxylic acids is 1. The summed E-state index contributed by atoms with van der Waals surface area (Å²) < 4.78 is 0. The lowest BCUT2D eigenvalue weighted by Crippen LogP contribution is -2.16.